The molecule has 0 aliphatic rings. The highest BCUT2D eigenvalue weighted by molar-refractivity contribution is 5.74. The number of aromatic nitrogens is 1. The lowest BCUT2D eigenvalue weighted by atomic mass is 10.1. The lowest BCUT2D eigenvalue weighted by molar-refractivity contribution is 0.202. The summed E-state index contributed by atoms with van der Waals surface area (Å²) in [5.74, 6) is 0.890. The summed E-state index contributed by atoms with van der Waals surface area (Å²) in [7, 11) is 1.78. The number of rotatable bonds is 8. The van der Waals surface area contributed by atoms with Gasteiger partial charge >= 0.3 is 6.03 Å². The molecule has 1 aromatic heterocycles. The number of nitrogens with zero attached hydrogens (tertiary/aromatic N) is 2. The smallest absolute Gasteiger partial charge is 0.317 e. The monoisotopic (exact) mass is 355 g/mol. The maximum absolute atomic E-state index is 12.3. The van der Waals surface area contributed by atoms with Gasteiger partial charge in [0.1, 0.15) is 5.75 Å². The predicted octanol–water partition coefficient (Wildman–Crippen LogP) is 4.03. The highest BCUT2D eigenvalue weighted by atomic mass is 16.5. The van der Waals surface area contributed by atoms with E-state index in [-0.39, 0.29) is 18.2 Å². The van der Waals surface area contributed by atoms with Gasteiger partial charge in [-0.3, -0.25) is 4.98 Å². The third-order valence-corrected chi connectivity index (χ3v) is 4.00. The molecular formula is C21H29N3O2. The normalized spacial score (nSPS) is 11.9. The maximum atomic E-state index is 12.3. The number of benzene rings is 1. The molecule has 0 aliphatic heterocycles. The van der Waals surface area contributed by atoms with Crippen molar-refractivity contribution in [3.05, 3.63) is 59.9 Å². The fourth-order valence-corrected chi connectivity index (χ4v) is 2.59. The number of ether oxygens (including phenoxy) is 1. The summed E-state index contributed by atoms with van der Waals surface area (Å²) in [5.41, 5.74) is 2.12. The van der Waals surface area contributed by atoms with Crippen molar-refractivity contribution in [1.82, 2.24) is 15.2 Å². The number of hydrogen-bond donors (Lipinski definition) is 1. The summed E-state index contributed by atoms with van der Waals surface area (Å²) in [6, 6.07) is 13.9. The van der Waals surface area contributed by atoms with Gasteiger partial charge in [0.15, 0.2) is 0 Å². The summed E-state index contributed by atoms with van der Waals surface area (Å²) in [6.07, 6.45) is 3.71. The number of urea groups is 1. The predicted molar refractivity (Wildman–Crippen MR) is 104 cm³/mol. The molecule has 26 heavy (non-hydrogen) atoms. The van der Waals surface area contributed by atoms with Gasteiger partial charge in [-0.1, -0.05) is 18.2 Å². The maximum Gasteiger partial charge on any atom is 0.317 e. The van der Waals surface area contributed by atoms with E-state index in [1.165, 1.54) is 5.56 Å². The van der Waals surface area contributed by atoms with Crippen LogP contribution < -0.4 is 10.1 Å². The van der Waals surface area contributed by atoms with Crippen molar-refractivity contribution in [3.63, 3.8) is 0 Å². The number of pyridine rings is 1. The number of carbonyl (C=O) groups is 1. The summed E-state index contributed by atoms with van der Waals surface area (Å²) in [4.78, 5) is 18.2. The first-order valence-electron chi connectivity index (χ1n) is 9.11. The second-order valence-electron chi connectivity index (χ2n) is 6.88. The first kappa shape index (κ1) is 19.8. The van der Waals surface area contributed by atoms with Crippen LogP contribution in [-0.2, 0) is 13.0 Å². The van der Waals surface area contributed by atoms with Crippen LogP contribution in [-0.4, -0.2) is 35.1 Å². The van der Waals surface area contributed by atoms with Gasteiger partial charge in [-0.15, -0.1) is 0 Å². The minimum Gasteiger partial charge on any atom is -0.491 e. The Morgan fingerprint density at radius 3 is 2.50 bits per heavy atom. The van der Waals surface area contributed by atoms with Gasteiger partial charge in [-0.2, -0.15) is 0 Å². The molecule has 1 N–H and O–H groups in total. The molecule has 5 heteroatoms. The van der Waals surface area contributed by atoms with Gasteiger partial charge in [0, 0.05) is 19.3 Å². The molecule has 2 aromatic rings. The zero-order valence-corrected chi connectivity index (χ0v) is 16.1. The van der Waals surface area contributed by atoms with Crippen LogP contribution in [0.1, 0.15) is 38.4 Å². The van der Waals surface area contributed by atoms with Crippen LogP contribution in [0.2, 0.25) is 0 Å². The Kier molecular flexibility index (Phi) is 7.45. The lowest BCUT2D eigenvalue weighted by Gasteiger charge is -2.21. The second kappa shape index (κ2) is 9.80. The van der Waals surface area contributed by atoms with Crippen molar-refractivity contribution in [2.24, 2.45) is 0 Å². The van der Waals surface area contributed by atoms with E-state index in [1.807, 2.05) is 51.1 Å². The Morgan fingerprint density at radius 2 is 1.88 bits per heavy atom. The fourth-order valence-electron chi connectivity index (χ4n) is 2.59. The largest absolute Gasteiger partial charge is 0.491 e. The van der Waals surface area contributed by atoms with Gasteiger partial charge in [-0.25, -0.2) is 4.79 Å². The Labute approximate surface area is 156 Å². The Morgan fingerprint density at radius 1 is 1.15 bits per heavy atom. The van der Waals surface area contributed by atoms with E-state index < -0.39 is 0 Å². The van der Waals surface area contributed by atoms with Crippen LogP contribution in [0.3, 0.4) is 0 Å². The first-order chi connectivity index (χ1) is 12.4. The van der Waals surface area contributed by atoms with Gasteiger partial charge in [-0.05, 0) is 63.4 Å². The molecule has 2 rings (SSSR count). The van der Waals surface area contributed by atoms with Crippen molar-refractivity contribution >= 4 is 6.03 Å². The van der Waals surface area contributed by atoms with Crippen LogP contribution in [0.15, 0.2) is 48.7 Å². The molecule has 140 valence electrons. The molecule has 0 saturated heterocycles. The van der Waals surface area contributed by atoms with Crippen LogP contribution in [0, 0.1) is 0 Å². The number of hydrogen-bond acceptors (Lipinski definition) is 3. The minimum absolute atomic E-state index is 0.0798. The summed E-state index contributed by atoms with van der Waals surface area (Å²) in [5, 5.41) is 3.04. The lowest BCUT2D eigenvalue weighted by Crippen LogP contribution is -2.41. The summed E-state index contributed by atoms with van der Waals surface area (Å²) in [6.45, 7) is 6.56. The molecule has 1 unspecified atom stereocenters. The van der Waals surface area contributed by atoms with Gasteiger partial charge in [0.25, 0.3) is 0 Å². The molecule has 0 fully saturated rings. The standard InChI is InChI=1S/C21H29N3O2/c1-16(2)26-20-12-10-18(11-13-20)9-8-17(3)23-21(25)24(4)15-19-7-5-6-14-22-19/h5-7,10-14,16-17H,8-9,15H2,1-4H3,(H,23,25). The molecule has 0 aliphatic carbocycles. The van der Waals surface area contributed by atoms with Crippen molar-refractivity contribution < 1.29 is 9.53 Å². The quantitative estimate of drug-likeness (QED) is 0.778. The third kappa shape index (κ3) is 6.75. The fraction of sp³-hybridized carbons (Fsp3) is 0.429. The molecule has 0 radical (unpaired) electrons. The highest BCUT2D eigenvalue weighted by Crippen LogP contribution is 2.15. The molecule has 0 saturated carbocycles. The molecule has 1 aromatic carbocycles. The van der Waals surface area contributed by atoms with Crippen LogP contribution in [0.25, 0.3) is 0 Å². The van der Waals surface area contributed by atoms with E-state index in [0.29, 0.717) is 6.54 Å². The number of carbonyl (C=O) groups excluding carboxylic acids is 1. The third-order valence-electron chi connectivity index (χ3n) is 4.00. The summed E-state index contributed by atoms with van der Waals surface area (Å²) < 4.78 is 5.65. The van der Waals surface area contributed by atoms with Gasteiger partial charge in [0.2, 0.25) is 0 Å². The van der Waals surface area contributed by atoms with E-state index in [9.17, 15) is 4.79 Å². The number of aryl methyl sites for hydroxylation is 1. The number of amides is 2. The van der Waals surface area contributed by atoms with Crippen LogP contribution in [0.4, 0.5) is 4.79 Å². The van der Waals surface area contributed by atoms with Gasteiger partial charge in [0.05, 0.1) is 18.3 Å². The second-order valence-corrected chi connectivity index (χ2v) is 6.88. The molecular weight excluding hydrogens is 326 g/mol. The topological polar surface area (TPSA) is 54.5 Å². The van der Waals surface area contributed by atoms with Crippen LogP contribution >= 0.6 is 0 Å². The van der Waals surface area contributed by atoms with E-state index in [4.69, 9.17) is 4.74 Å². The van der Waals surface area contributed by atoms with Crippen molar-refractivity contribution in [3.8, 4) is 5.75 Å². The Bertz CT molecular complexity index is 671. The van der Waals surface area contributed by atoms with Gasteiger partial charge < -0.3 is 15.0 Å². The summed E-state index contributed by atoms with van der Waals surface area (Å²) >= 11 is 0. The SMILES string of the molecule is CC(CCc1ccc(OC(C)C)cc1)NC(=O)N(C)Cc1ccccn1. The molecule has 2 amide bonds. The molecule has 0 spiro atoms. The van der Waals surface area contributed by atoms with Crippen molar-refractivity contribution in [2.45, 2.75) is 52.3 Å². The van der Waals surface area contributed by atoms with E-state index in [1.54, 1.807) is 18.1 Å². The molecule has 0 bridgehead atoms. The minimum atomic E-state index is -0.0798. The van der Waals surface area contributed by atoms with Crippen molar-refractivity contribution in [1.29, 1.82) is 0 Å². The zero-order chi connectivity index (χ0) is 18.9. The Balaban J connectivity index is 1.75. The average Bonchev–Trinajstić information content (AvgIpc) is 2.61. The molecule has 5 nitrogen and oxygen atoms in total. The average molecular weight is 355 g/mol. The molecule has 1 atom stereocenters. The Hall–Kier alpha value is -2.56. The number of nitrogens with one attached hydrogen (secondary N) is 1. The highest BCUT2D eigenvalue weighted by Gasteiger charge is 2.12. The van der Waals surface area contributed by atoms with Crippen LogP contribution in [0.5, 0.6) is 5.75 Å². The van der Waals surface area contributed by atoms with E-state index in [0.717, 1.165) is 24.3 Å². The zero-order valence-electron chi connectivity index (χ0n) is 16.1. The van der Waals surface area contributed by atoms with E-state index >= 15 is 0 Å². The first-order valence-corrected chi connectivity index (χ1v) is 9.11. The van der Waals surface area contributed by atoms with E-state index in [2.05, 4.69) is 22.4 Å². The van der Waals surface area contributed by atoms with Crippen molar-refractivity contribution in [2.75, 3.05) is 7.05 Å². The molecule has 1 heterocycles.